The molecular formula is C20H30N2O2. The van der Waals surface area contributed by atoms with Crippen molar-refractivity contribution in [2.45, 2.75) is 18.9 Å². The molecule has 2 atom stereocenters. The van der Waals surface area contributed by atoms with E-state index in [2.05, 4.69) is 34.1 Å². The van der Waals surface area contributed by atoms with Crippen LogP contribution in [-0.2, 0) is 4.74 Å². The zero-order valence-corrected chi connectivity index (χ0v) is 15.0. The molecule has 132 valence electrons. The molecule has 0 unspecified atom stereocenters. The third kappa shape index (κ3) is 4.59. The van der Waals surface area contributed by atoms with Crippen molar-refractivity contribution in [3.8, 4) is 5.75 Å². The molecule has 24 heavy (non-hydrogen) atoms. The van der Waals surface area contributed by atoms with E-state index in [1.807, 2.05) is 12.1 Å². The van der Waals surface area contributed by atoms with E-state index in [1.165, 1.54) is 38.0 Å². The Hall–Kier alpha value is -1.36. The zero-order chi connectivity index (χ0) is 16.8. The van der Waals surface area contributed by atoms with Gasteiger partial charge in [-0.2, -0.15) is 0 Å². The predicted molar refractivity (Wildman–Crippen MR) is 98.4 cm³/mol. The van der Waals surface area contributed by atoms with E-state index in [-0.39, 0.29) is 0 Å². The SMILES string of the molecule is COCCN1C[C@H]2CC[C@@H]1CN(CC=Cc1ccc(OC)cc1)C2. The van der Waals surface area contributed by atoms with Crippen LogP contribution in [0.1, 0.15) is 18.4 Å². The maximum absolute atomic E-state index is 5.27. The van der Waals surface area contributed by atoms with Crippen LogP contribution in [0.5, 0.6) is 5.75 Å². The molecule has 3 heterocycles. The molecule has 3 aliphatic heterocycles. The lowest BCUT2D eigenvalue weighted by molar-refractivity contribution is 0.0872. The first-order valence-electron chi connectivity index (χ1n) is 9.04. The Labute approximate surface area is 146 Å². The molecule has 2 bridgehead atoms. The van der Waals surface area contributed by atoms with Crippen LogP contribution in [0.25, 0.3) is 6.08 Å². The molecule has 3 saturated heterocycles. The van der Waals surface area contributed by atoms with Gasteiger partial charge >= 0.3 is 0 Å². The topological polar surface area (TPSA) is 24.9 Å². The largest absolute Gasteiger partial charge is 0.497 e. The lowest BCUT2D eigenvalue weighted by atomic mass is 9.95. The summed E-state index contributed by atoms with van der Waals surface area (Å²) in [5.41, 5.74) is 1.23. The van der Waals surface area contributed by atoms with E-state index < -0.39 is 0 Å². The van der Waals surface area contributed by atoms with Crippen molar-refractivity contribution in [2.75, 3.05) is 53.6 Å². The minimum Gasteiger partial charge on any atom is -0.497 e. The predicted octanol–water partition coefficient (Wildman–Crippen LogP) is 2.75. The monoisotopic (exact) mass is 330 g/mol. The number of hydrogen-bond donors (Lipinski definition) is 0. The number of ether oxygens (including phenoxy) is 2. The summed E-state index contributed by atoms with van der Waals surface area (Å²) in [6.07, 6.45) is 7.24. The Morgan fingerprint density at radius 3 is 2.67 bits per heavy atom. The van der Waals surface area contributed by atoms with Gasteiger partial charge in [-0.25, -0.2) is 0 Å². The van der Waals surface area contributed by atoms with Crippen LogP contribution < -0.4 is 4.74 Å². The number of nitrogens with zero attached hydrogens (tertiary/aromatic N) is 2. The highest BCUT2D eigenvalue weighted by atomic mass is 16.5. The first-order valence-corrected chi connectivity index (χ1v) is 9.04. The standard InChI is InChI=1S/C20H30N2O2/c1-23-13-12-22-15-18-5-8-19(22)16-21(14-18)11-3-4-17-6-9-20(24-2)10-7-17/h3-4,6-7,9-10,18-19H,5,8,11-16H2,1-2H3/t18-,19+/m0/s1. The van der Waals surface area contributed by atoms with Crippen LogP contribution in [0.4, 0.5) is 0 Å². The second kappa shape index (κ2) is 8.65. The molecule has 0 aromatic heterocycles. The van der Waals surface area contributed by atoms with Gasteiger partial charge in [-0.3, -0.25) is 9.80 Å². The summed E-state index contributed by atoms with van der Waals surface area (Å²) in [6, 6.07) is 8.94. The van der Waals surface area contributed by atoms with Crippen LogP contribution in [0.3, 0.4) is 0 Å². The van der Waals surface area contributed by atoms with Gasteiger partial charge in [0.05, 0.1) is 13.7 Å². The number of piperidine rings is 1. The van der Waals surface area contributed by atoms with Gasteiger partial charge in [0, 0.05) is 45.9 Å². The lowest BCUT2D eigenvalue weighted by Crippen LogP contribution is -2.45. The van der Waals surface area contributed by atoms with E-state index in [9.17, 15) is 0 Å². The highest BCUT2D eigenvalue weighted by molar-refractivity contribution is 5.50. The highest BCUT2D eigenvalue weighted by Gasteiger charge is 2.33. The number of rotatable bonds is 7. The molecule has 4 nitrogen and oxygen atoms in total. The van der Waals surface area contributed by atoms with Gasteiger partial charge in [-0.15, -0.1) is 0 Å². The second-order valence-electron chi connectivity index (χ2n) is 6.98. The summed E-state index contributed by atoms with van der Waals surface area (Å²) in [5, 5.41) is 0. The fourth-order valence-corrected chi connectivity index (χ4v) is 3.96. The maximum Gasteiger partial charge on any atom is 0.118 e. The van der Waals surface area contributed by atoms with E-state index in [0.29, 0.717) is 6.04 Å². The van der Waals surface area contributed by atoms with Gasteiger partial charge in [0.2, 0.25) is 0 Å². The molecule has 0 aliphatic carbocycles. The molecule has 0 saturated carbocycles. The molecule has 3 aliphatic rings. The Bertz CT molecular complexity index is 529. The summed E-state index contributed by atoms with van der Waals surface area (Å²) < 4.78 is 10.5. The minimum absolute atomic E-state index is 0.702. The van der Waals surface area contributed by atoms with E-state index in [1.54, 1.807) is 14.2 Å². The summed E-state index contributed by atoms with van der Waals surface area (Å²) in [6.45, 7) is 6.62. The van der Waals surface area contributed by atoms with Crippen LogP contribution in [0.15, 0.2) is 30.3 Å². The normalized spacial score (nSPS) is 25.2. The van der Waals surface area contributed by atoms with E-state index in [0.717, 1.165) is 31.4 Å². The third-order valence-electron chi connectivity index (χ3n) is 5.27. The van der Waals surface area contributed by atoms with Gasteiger partial charge in [0.1, 0.15) is 5.75 Å². The first kappa shape index (κ1) is 17.5. The third-order valence-corrected chi connectivity index (χ3v) is 5.27. The average Bonchev–Trinajstić information content (AvgIpc) is 2.91. The van der Waals surface area contributed by atoms with Crippen molar-refractivity contribution >= 4 is 6.08 Å². The summed E-state index contributed by atoms with van der Waals surface area (Å²) in [4.78, 5) is 5.26. The van der Waals surface area contributed by atoms with Gasteiger partial charge < -0.3 is 9.47 Å². The molecule has 0 radical (unpaired) electrons. The number of benzene rings is 1. The molecule has 4 heteroatoms. The Morgan fingerprint density at radius 2 is 1.92 bits per heavy atom. The van der Waals surface area contributed by atoms with E-state index >= 15 is 0 Å². The Kier molecular flexibility index (Phi) is 6.30. The molecule has 1 aromatic rings. The number of methoxy groups -OCH3 is 2. The molecule has 3 fully saturated rings. The molecule has 4 rings (SSSR count). The van der Waals surface area contributed by atoms with Crippen molar-refractivity contribution in [3.63, 3.8) is 0 Å². The van der Waals surface area contributed by atoms with Crippen molar-refractivity contribution in [1.82, 2.24) is 9.80 Å². The smallest absolute Gasteiger partial charge is 0.118 e. The molecule has 1 aromatic carbocycles. The maximum atomic E-state index is 5.27. The quantitative estimate of drug-likeness (QED) is 0.767. The number of fused-ring (bicyclic) bond motifs is 4. The van der Waals surface area contributed by atoms with Gasteiger partial charge in [-0.1, -0.05) is 24.3 Å². The summed E-state index contributed by atoms with van der Waals surface area (Å²) in [5.74, 6) is 1.72. The minimum atomic E-state index is 0.702. The van der Waals surface area contributed by atoms with Crippen molar-refractivity contribution in [1.29, 1.82) is 0 Å². The van der Waals surface area contributed by atoms with Crippen molar-refractivity contribution in [3.05, 3.63) is 35.9 Å². The summed E-state index contributed by atoms with van der Waals surface area (Å²) in [7, 11) is 3.50. The molecule has 0 spiro atoms. The Morgan fingerprint density at radius 1 is 1.08 bits per heavy atom. The molecule has 0 amide bonds. The lowest BCUT2D eigenvalue weighted by Gasteiger charge is -2.35. The van der Waals surface area contributed by atoms with E-state index in [4.69, 9.17) is 9.47 Å². The van der Waals surface area contributed by atoms with Gasteiger partial charge in [0.15, 0.2) is 0 Å². The van der Waals surface area contributed by atoms with Crippen LogP contribution in [-0.4, -0.2) is 69.4 Å². The second-order valence-corrected chi connectivity index (χ2v) is 6.98. The fraction of sp³-hybridized carbons (Fsp3) is 0.600. The Balaban J connectivity index is 1.53. The van der Waals surface area contributed by atoms with Gasteiger partial charge in [-0.05, 0) is 36.5 Å². The summed E-state index contributed by atoms with van der Waals surface area (Å²) >= 11 is 0. The van der Waals surface area contributed by atoms with Crippen molar-refractivity contribution < 1.29 is 9.47 Å². The molecular weight excluding hydrogens is 300 g/mol. The average molecular weight is 330 g/mol. The van der Waals surface area contributed by atoms with Crippen LogP contribution in [0.2, 0.25) is 0 Å². The number of hydrogen-bond acceptors (Lipinski definition) is 4. The molecule has 0 N–H and O–H groups in total. The fourth-order valence-electron chi connectivity index (χ4n) is 3.96. The first-order chi connectivity index (χ1) is 11.8. The highest BCUT2D eigenvalue weighted by Crippen LogP contribution is 2.27. The van der Waals surface area contributed by atoms with Crippen molar-refractivity contribution in [2.24, 2.45) is 5.92 Å². The zero-order valence-electron chi connectivity index (χ0n) is 15.0. The van der Waals surface area contributed by atoms with Crippen LogP contribution >= 0.6 is 0 Å². The van der Waals surface area contributed by atoms with Crippen LogP contribution in [0, 0.1) is 5.92 Å². The van der Waals surface area contributed by atoms with Gasteiger partial charge in [0.25, 0.3) is 0 Å².